The fraction of sp³-hybridized carbons (Fsp3) is 0.692. The summed E-state index contributed by atoms with van der Waals surface area (Å²) in [4.78, 5) is 0.227. The summed E-state index contributed by atoms with van der Waals surface area (Å²) in [6, 6.07) is 1.51. The lowest BCUT2D eigenvalue weighted by molar-refractivity contribution is 0.272. The Morgan fingerprint density at radius 2 is 2.11 bits per heavy atom. The van der Waals surface area contributed by atoms with Gasteiger partial charge in [0.05, 0.1) is 11.5 Å². The van der Waals surface area contributed by atoms with Crippen LogP contribution in [0.3, 0.4) is 0 Å². The van der Waals surface area contributed by atoms with Gasteiger partial charge in [-0.1, -0.05) is 25.7 Å². The molecular formula is C13H22N2O3S. The van der Waals surface area contributed by atoms with Gasteiger partial charge >= 0.3 is 0 Å². The topological polar surface area (TPSA) is 71.3 Å². The summed E-state index contributed by atoms with van der Waals surface area (Å²) >= 11 is 0. The van der Waals surface area contributed by atoms with Gasteiger partial charge in [0.15, 0.2) is 0 Å². The smallest absolute Gasteiger partial charge is 0.242 e. The minimum absolute atomic E-state index is 0.159. The summed E-state index contributed by atoms with van der Waals surface area (Å²) in [6.07, 6.45) is 7.44. The van der Waals surface area contributed by atoms with E-state index in [-0.39, 0.29) is 11.5 Å². The van der Waals surface area contributed by atoms with Gasteiger partial charge in [-0.3, -0.25) is 0 Å². The first-order valence-corrected chi connectivity index (χ1v) is 8.27. The maximum Gasteiger partial charge on any atom is 0.242 e. The number of rotatable bonds is 6. The maximum absolute atomic E-state index is 12.1. The molecule has 1 saturated carbocycles. The molecule has 1 aromatic rings. The number of aliphatic hydroxyl groups excluding tert-OH is 1. The van der Waals surface area contributed by atoms with Gasteiger partial charge in [0.2, 0.25) is 10.0 Å². The zero-order chi connectivity index (χ0) is 13.9. The molecule has 0 aromatic carbocycles. The number of aryl methyl sites for hydroxylation is 1. The Morgan fingerprint density at radius 1 is 1.42 bits per heavy atom. The second kappa shape index (κ2) is 6.07. The highest BCUT2D eigenvalue weighted by Gasteiger charge is 2.19. The summed E-state index contributed by atoms with van der Waals surface area (Å²) in [7, 11) is -1.72. The molecule has 108 valence electrons. The minimum Gasteiger partial charge on any atom is -0.390 e. The predicted octanol–water partition coefficient (Wildman–Crippen LogP) is 1.38. The molecule has 1 aromatic heterocycles. The number of aliphatic hydroxyl groups is 1. The van der Waals surface area contributed by atoms with Crippen LogP contribution in [0.4, 0.5) is 0 Å². The number of hydrogen-bond donors (Lipinski definition) is 2. The molecule has 1 aliphatic carbocycles. The van der Waals surface area contributed by atoms with Crippen molar-refractivity contribution in [2.24, 2.45) is 13.0 Å². The Kier molecular flexibility index (Phi) is 4.65. The zero-order valence-corrected chi connectivity index (χ0v) is 12.1. The molecule has 2 rings (SSSR count). The Bertz CT molecular complexity index is 516. The van der Waals surface area contributed by atoms with Crippen molar-refractivity contribution in [2.75, 3.05) is 6.54 Å². The second-order valence-electron chi connectivity index (χ2n) is 5.27. The molecule has 0 amide bonds. The summed E-state index contributed by atoms with van der Waals surface area (Å²) in [5, 5.41) is 9.08. The summed E-state index contributed by atoms with van der Waals surface area (Å²) < 4.78 is 28.4. The van der Waals surface area contributed by atoms with Crippen molar-refractivity contribution in [2.45, 2.75) is 43.6 Å². The molecule has 0 aliphatic heterocycles. The van der Waals surface area contributed by atoms with Crippen LogP contribution in [0.2, 0.25) is 0 Å². The van der Waals surface area contributed by atoms with E-state index in [0.717, 1.165) is 6.42 Å². The monoisotopic (exact) mass is 286 g/mol. The largest absolute Gasteiger partial charge is 0.390 e. The molecule has 1 aliphatic rings. The van der Waals surface area contributed by atoms with E-state index in [1.807, 2.05) is 0 Å². The van der Waals surface area contributed by atoms with Crippen molar-refractivity contribution in [1.29, 1.82) is 0 Å². The van der Waals surface area contributed by atoms with Gasteiger partial charge in [-0.05, 0) is 18.4 Å². The Labute approximate surface area is 114 Å². The third kappa shape index (κ3) is 3.58. The summed E-state index contributed by atoms with van der Waals surface area (Å²) in [5.41, 5.74) is 0.594. The van der Waals surface area contributed by atoms with Crippen molar-refractivity contribution in [3.05, 3.63) is 18.0 Å². The van der Waals surface area contributed by atoms with Crippen LogP contribution in [0.1, 0.15) is 37.8 Å². The van der Waals surface area contributed by atoms with Crippen molar-refractivity contribution < 1.29 is 13.5 Å². The number of aromatic nitrogens is 1. The number of nitrogens with one attached hydrogen (secondary N) is 1. The highest BCUT2D eigenvalue weighted by molar-refractivity contribution is 7.89. The summed E-state index contributed by atoms with van der Waals surface area (Å²) in [5.74, 6) is 0.673. The van der Waals surface area contributed by atoms with Gasteiger partial charge in [-0.2, -0.15) is 0 Å². The maximum atomic E-state index is 12.1. The lowest BCUT2D eigenvalue weighted by atomic mass is 10.1. The SMILES string of the molecule is Cn1cc(S(=O)(=O)NCCC2CCCC2)cc1CO. The van der Waals surface area contributed by atoms with Crippen LogP contribution in [0.15, 0.2) is 17.2 Å². The fourth-order valence-electron chi connectivity index (χ4n) is 2.66. The van der Waals surface area contributed by atoms with Crippen molar-refractivity contribution in [1.82, 2.24) is 9.29 Å². The molecule has 0 bridgehead atoms. The first-order valence-electron chi connectivity index (χ1n) is 6.78. The quantitative estimate of drug-likeness (QED) is 0.830. The molecule has 0 saturated heterocycles. The van der Waals surface area contributed by atoms with E-state index in [9.17, 15) is 8.42 Å². The van der Waals surface area contributed by atoms with Gasteiger partial charge in [0.25, 0.3) is 0 Å². The van der Waals surface area contributed by atoms with E-state index < -0.39 is 10.0 Å². The van der Waals surface area contributed by atoms with E-state index in [2.05, 4.69) is 4.72 Å². The summed E-state index contributed by atoms with van der Waals surface area (Å²) in [6.45, 7) is 0.338. The van der Waals surface area contributed by atoms with E-state index in [4.69, 9.17) is 5.11 Å². The van der Waals surface area contributed by atoms with Gasteiger partial charge in [0.1, 0.15) is 0 Å². The van der Waals surface area contributed by atoms with Gasteiger partial charge in [-0.15, -0.1) is 0 Å². The number of nitrogens with zero attached hydrogens (tertiary/aromatic N) is 1. The predicted molar refractivity (Wildman–Crippen MR) is 73.1 cm³/mol. The van der Waals surface area contributed by atoms with Crippen LogP contribution in [-0.2, 0) is 23.7 Å². The molecule has 1 fully saturated rings. The lowest BCUT2D eigenvalue weighted by Crippen LogP contribution is -2.25. The second-order valence-corrected chi connectivity index (χ2v) is 7.04. The molecule has 2 N–H and O–H groups in total. The third-order valence-electron chi connectivity index (χ3n) is 3.87. The third-order valence-corrected chi connectivity index (χ3v) is 5.30. The molecule has 1 heterocycles. The van der Waals surface area contributed by atoms with Crippen LogP contribution in [0, 0.1) is 5.92 Å². The van der Waals surface area contributed by atoms with Crippen LogP contribution in [0.5, 0.6) is 0 Å². The van der Waals surface area contributed by atoms with Crippen LogP contribution >= 0.6 is 0 Å². The standard InChI is InChI=1S/C13H22N2O3S/c1-15-9-13(8-12(15)10-16)19(17,18)14-7-6-11-4-2-3-5-11/h8-9,11,14,16H,2-7,10H2,1H3. The molecule has 0 unspecified atom stereocenters. The first kappa shape index (κ1) is 14.6. The number of hydrogen-bond acceptors (Lipinski definition) is 3. The van der Waals surface area contributed by atoms with Gasteiger partial charge in [0, 0.05) is 25.5 Å². The molecule has 0 spiro atoms. The molecule has 0 radical (unpaired) electrons. The Balaban J connectivity index is 1.93. The van der Waals surface area contributed by atoms with Crippen molar-refractivity contribution >= 4 is 10.0 Å². The van der Waals surface area contributed by atoms with E-state index in [0.29, 0.717) is 18.2 Å². The van der Waals surface area contributed by atoms with Gasteiger partial charge < -0.3 is 9.67 Å². The first-order chi connectivity index (χ1) is 9.03. The van der Waals surface area contributed by atoms with Crippen molar-refractivity contribution in [3.63, 3.8) is 0 Å². The van der Waals surface area contributed by atoms with E-state index in [1.165, 1.54) is 37.9 Å². The van der Waals surface area contributed by atoms with E-state index in [1.54, 1.807) is 11.6 Å². The molecule has 6 heteroatoms. The normalized spacial score (nSPS) is 17.2. The van der Waals surface area contributed by atoms with Crippen LogP contribution in [0.25, 0.3) is 0 Å². The zero-order valence-electron chi connectivity index (χ0n) is 11.3. The van der Waals surface area contributed by atoms with Gasteiger partial charge in [-0.25, -0.2) is 13.1 Å². The fourth-order valence-corrected chi connectivity index (χ4v) is 3.80. The van der Waals surface area contributed by atoms with Crippen molar-refractivity contribution in [3.8, 4) is 0 Å². The van der Waals surface area contributed by atoms with E-state index >= 15 is 0 Å². The lowest BCUT2D eigenvalue weighted by Gasteiger charge is -2.09. The Morgan fingerprint density at radius 3 is 2.68 bits per heavy atom. The molecule has 19 heavy (non-hydrogen) atoms. The average Bonchev–Trinajstić information content (AvgIpc) is 2.98. The Hall–Kier alpha value is -0.850. The average molecular weight is 286 g/mol. The van der Waals surface area contributed by atoms with Crippen LogP contribution in [-0.4, -0.2) is 24.6 Å². The number of sulfonamides is 1. The molecule has 0 atom stereocenters. The highest BCUT2D eigenvalue weighted by Crippen LogP contribution is 2.27. The van der Waals surface area contributed by atoms with Crippen LogP contribution < -0.4 is 4.72 Å². The minimum atomic E-state index is -3.45. The molecule has 5 nitrogen and oxygen atoms in total. The molecular weight excluding hydrogens is 264 g/mol. The highest BCUT2D eigenvalue weighted by atomic mass is 32.2.